The molecule has 1 aliphatic rings. The third kappa shape index (κ3) is 3.77. The van der Waals surface area contributed by atoms with Gasteiger partial charge in [0, 0.05) is 61.7 Å². The molecule has 5 rings (SSSR count). The summed E-state index contributed by atoms with van der Waals surface area (Å²) >= 11 is 0. The molecule has 0 bridgehead atoms. The highest BCUT2D eigenvalue weighted by Crippen LogP contribution is 2.31. The van der Waals surface area contributed by atoms with E-state index in [1.165, 1.54) is 6.07 Å². The molecule has 0 spiro atoms. The van der Waals surface area contributed by atoms with Gasteiger partial charge in [0.05, 0.1) is 12.3 Å². The highest BCUT2D eigenvalue weighted by Gasteiger charge is 2.20. The number of amides is 1. The van der Waals surface area contributed by atoms with E-state index in [4.69, 9.17) is 4.74 Å². The van der Waals surface area contributed by atoms with Crippen LogP contribution in [0, 0.1) is 12.7 Å². The molecule has 3 heterocycles. The number of carbonyl (C=O) groups is 1. The van der Waals surface area contributed by atoms with E-state index in [2.05, 4.69) is 15.3 Å². The lowest BCUT2D eigenvalue weighted by Crippen LogP contribution is -2.21. The standard InChI is InChI=1S/C25H24FN5O2/c1-15-14-31-23(29-15)19(16-4-6-17(7-5-16)24(32)30(2)3)12-27-25(31)28-13-20-18-10-11-33-22(18)9-8-21(20)26/h4-9,12,14H,10-11,13H2,1-3H3,(H,27,28). The minimum atomic E-state index is -0.256. The molecule has 1 amide bonds. The quantitative estimate of drug-likeness (QED) is 0.501. The second-order valence-corrected chi connectivity index (χ2v) is 8.30. The minimum absolute atomic E-state index is 0.0499. The van der Waals surface area contributed by atoms with Gasteiger partial charge >= 0.3 is 0 Å². The number of carbonyl (C=O) groups excluding carboxylic acids is 1. The first kappa shape index (κ1) is 20.9. The Balaban J connectivity index is 1.47. The second kappa shape index (κ2) is 8.20. The Hall–Kier alpha value is -3.94. The van der Waals surface area contributed by atoms with Crippen molar-refractivity contribution in [2.75, 3.05) is 26.0 Å². The number of anilines is 1. The summed E-state index contributed by atoms with van der Waals surface area (Å²) in [6.07, 6.45) is 4.34. The van der Waals surface area contributed by atoms with Crippen molar-refractivity contribution in [3.63, 3.8) is 0 Å². The average Bonchev–Trinajstić information content (AvgIpc) is 3.44. The van der Waals surface area contributed by atoms with Crippen LogP contribution < -0.4 is 10.1 Å². The van der Waals surface area contributed by atoms with Gasteiger partial charge in [0.25, 0.3) is 5.91 Å². The molecule has 4 aromatic rings. The number of benzene rings is 2. The SMILES string of the molecule is Cc1cn2c(NCc3c(F)ccc4c3CCO4)ncc(-c3ccc(C(=O)N(C)C)cc3)c2n1. The predicted molar refractivity (Wildman–Crippen MR) is 124 cm³/mol. The van der Waals surface area contributed by atoms with Crippen LogP contribution in [0.3, 0.4) is 0 Å². The summed E-state index contributed by atoms with van der Waals surface area (Å²) in [5, 5.41) is 3.27. The van der Waals surface area contributed by atoms with Crippen LogP contribution >= 0.6 is 0 Å². The maximum Gasteiger partial charge on any atom is 0.253 e. The summed E-state index contributed by atoms with van der Waals surface area (Å²) in [7, 11) is 3.46. The van der Waals surface area contributed by atoms with Crippen molar-refractivity contribution >= 4 is 17.5 Å². The molecule has 0 unspecified atom stereocenters. The van der Waals surface area contributed by atoms with E-state index in [1.807, 2.05) is 29.7 Å². The zero-order chi connectivity index (χ0) is 23.1. The number of hydrogen-bond donors (Lipinski definition) is 1. The smallest absolute Gasteiger partial charge is 0.253 e. The summed E-state index contributed by atoms with van der Waals surface area (Å²) in [6.45, 7) is 2.78. The molecule has 168 valence electrons. The van der Waals surface area contributed by atoms with Crippen molar-refractivity contribution in [1.29, 1.82) is 0 Å². The number of aromatic nitrogens is 3. The highest BCUT2D eigenvalue weighted by molar-refractivity contribution is 5.94. The van der Waals surface area contributed by atoms with Crippen LogP contribution in [0.4, 0.5) is 10.3 Å². The first-order chi connectivity index (χ1) is 15.9. The molecule has 0 aliphatic carbocycles. The summed E-state index contributed by atoms with van der Waals surface area (Å²) < 4.78 is 22.0. The molecular weight excluding hydrogens is 421 g/mol. The van der Waals surface area contributed by atoms with Crippen LogP contribution in [0.1, 0.15) is 27.2 Å². The van der Waals surface area contributed by atoms with E-state index >= 15 is 0 Å². The minimum Gasteiger partial charge on any atom is -0.493 e. The normalized spacial score (nSPS) is 12.5. The number of aryl methyl sites for hydroxylation is 1. The molecule has 1 aliphatic heterocycles. The van der Waals surface area contributed by atoms with Crippen LogP contribution in [0.5, 0.6) is 5.75 Å². The zero-order valence-electron chi connectivity index (χ0n) is 18.7. The van der Waals surface area contributed by atoms with Crippen LogP contribution in [-0.2, 0) is 13.0 Å². The second-order valence-electron chi connectivity index (χ2n) is 8.30. The fourth-order valence-corrected chi connectivity index (χ4v) is 4.15. The number of nitrogens with one attached hydrogen (secondary N) is 1. The average molecular weight is 445 g/mol. The summed E-state index contributed by atoms with van der Waals surface area (Å²) in [6, 6.07) is 10.5. The molecule has 0 atom stereocenters. The molecule has 2 aromatic carbocycles. The van der Waals surface area contributed by atoms with E-state index in [0.717, 1.165) is 33.8 Å². The summed E-state index contributed by atoms with van der Waals surface area (Å²) in [4.78, 5) is 23.0. The number of halogens is 1. The Morgan fingerprint density at radius 1 is 1.21 bits per heavy atom. The number of imidazole rings is 1. The van der Waals surface area contributed by atoms with Gasteiger partial charge in [0.15, 0.2) is 0 Å². The first-order valence-electron chi connectivity index (χ1n) is 10.8. The topological polar surface area (TPSA) is 71.8 Å². The fraction of sp³-hybridized carbons (Fsp3) is 0.240. The van der Waals surface area contributed by atoms with Gasteiger partial charge in [-0.1, -0.05) is 12.1 Å². The molecule has 0 saturated heterocycles. The van der Waals surface area contributed by atoms with Gasteiger partial charge in [0.1, 0.15) is 17.2 Å². The Morgan fingerprint density at radius 3 is 2.76 bits per heavy atom. The lowest BCUT2D eigenvalue weighted by molar-refractivity contribution is 0.0827. The van der Waals surface area contributed by atoms with Crippen LogP contribution in [0.15, 0.2) is 48.8 Å². The Morgan fingerprint density at radius 2 is 2.00 bits per heavy atom. The monoisotopic (exact) mass is 445 g/mol. The molecule has 0 saturated carbocycles. The van der Waals surface area contributed by atoms with Gasteiger partial charge in [-0.3, -0.25) is 9.20 Å². The van der Waals surface area contributed by atoms with Gasteiger partial charge in [0.2, 0.25) is 5.95 Å². The van der Waals surface area contributed by atoms with Crippen molar-refractivity contribution in [2.45, 2.75) is 19.9 Å². The van der Waals surface area contributed by atoms with Crippen LogP contribution in [-0.4, -0.2) is 45.9 Å². The molecular formula is C25H24FN5O2. The number of hydrogen-bond acceptors (Lipinski definition) is 5. The number of fused-ring (bicyclic) bond motifs is 2. The maximum absolute atomic E-state index is 14.5. The zero-order valence-corrected chi connectivity index (χ0v) is 18.7. The number of rotatable bonds is 5. The molecule has 33 heavy (non-hydrogen) atoms. The van der Waals surface area contributed by atoms with E-state index in [-0.39, 0.29) is 11.7 Å². The van der Waals surface area contributed by atoms with Gasteiger partial charge < -0.3 is 15.0 Å². The van der Waals surface area contributed by atoms with Gasteiger partial charge in [-0.2, -0.15) is 0 Å². The third-order valence-corrected chi connectivity index (χ3v) is 5.82. The molecule has 2 aromatic heterocycles. The van der Waals surface area contributed by atoms with Crippen molar-refractivity contribution in [3.8, 4) is 16.9 Å². The van der Waals surface area contributed by atoms with Crippen LogP contribution in [0.2, 0.25) is 0 Å². The number of nitrogens with zero attached hydrogens (tertiary/aromatic N) is 4. The van der Waals surface area contributed by atoms with Gasteiger partial charge in [-0.25, -0.2) is 14.4 Å². The largest absolute Gasteiger partial charge is 0.493 e. The third-order valence-electron chi connectivity index (χ3n) is 5.82. The lowest BCUT2D eigenvalue weighted by Gasteiger charge is -2.13. The van der Waals surface area contributed by atoms with Crippen molar-refractivity contribution < 1.29 is 13.9 Å². The number of ether oxygens (including phenoxy) is 1. The Labute approximate surface area is 190 Å². The van der Waals surface area contributed by atoms with E-state index in [0.29, 0.717) is 36.6 Å². The predicted octanol–water partition coefficient (Wildman–Crippen LogP) is 4.09. The highest BCUT2D eigenvalue weighted by atomic mass is 19.1. The van der Waals surface area contributed by atoms with Crippen LogP contribution in [0.25, 0.3) is 16.8 Å². The molecule has 0 fully saturated rings. The van der Waals surface area contributed by atoms with E-state index in [1.54, 1.807) is 43.4 Å². The Bertz CT molecular complexity index is 1360. The van der Waals surface area contributed by atoms with E-state index < -0.39 is 0 Å². The molecule has 7 nitrogen and oxygen atoms in total. The summed E-state index contributed by atoms with van der Waals surface area (Å²) in [5.41, 5.74) is 5.45. The van der Waals surface area contributed by atoms with Crippen molar-refractivity contribution in [2.24, 2.45) is 0 Å². The van der Waals surface area contributed by atoms with Crippen molar-refractivity contribution in [3.05, 3.63) is 77.0 Å². The molecule has 1 N–H and O–H groups in total. The molecule has 0 radical (unpaired) electrons. The van der Waals surface area contributed by atoms with E-state index in [9.17, 15) is 9.18 Å². The van der Waals surface area contributed by atoms with Gasteiger partial charge in [-0.05, 0) is 36.8 Å². The Kier molecular flexibility index (Phi) is 5.20. The van der Waals surface area contributed by atoms with Gasteiger partial charge in [-0.15, -0.1) is 0 Å². The summed E-state index contributed by atoms with van der Waals surface area (Å²) in [5.74, 6) is 1.01. The molecule has 8 heteroatoms. The van der Waals surface area contributed by atoms with Crippen molar-refractivity contribution in [1.82, 2.24) is 19.3 Å². The first-order valence-corrected chi connectivity index (χ1v) is 10.8. The maximum atomic E-state index is 14.5. The lowest BCUT2D eigenvalue weighted by atomic mass is 10.0. The fourth-order valence-electron chi connectivity index (χ4n) is 4.15.